The number of carbonyl (C=O) groups excluding carboxylic acids is 1. The van der Waals surface area contributed by atoms with Crippen molar-refractivity contribution in [1.82, 2.24) is 10.2 Å². The molecule has 0 aliphatic carbocycles. The van der Waals surface area contributed by atoms with Crippen LogP contribution in [-0.2, 0) is 6.54 Å². The lowest BCUT2D eigenvalue weighted by molar-refractivity contribution is -0.271. The molecule has 0 saturated carbocycles. The van der Waals surface area contributed by atoms with Crippen molar-refractivity contribution in [2.24, 2.45) is 0 Å². The summed E-state index contributed by atoms with van der Waals surface area (Å²) in [5, 5.41) is 21.0. The van der Waals surface area contributed by atoms with Crippen molar-refractivity contribution in [2.45, 2.75) is 31.2 Å². The third-order valence-corrected chi connectivity index (χ3v) is 3.86. The summed E-state index contributed by atoms with van der Waals surface area (Å²) in [7, 11) is 0. The highest BCUT2D eigenvalue weighted by Gasteiger charge is 2.54. The third kappa shape index (κ3) is 3.84. The van der Waals surface area contributed by atoms with E-state index in [1.54, 1.807) is 0 Å². The average Bonchev–Trinajstić information content (AvgIpc) is 2.48. The summed E-state index contributed by atoms with van der Waals surface area (Å²) in [5.74, 6) is -1.34. The average molecular weight is 336 g/mol. The van der Waals surface area contributed by atoms with Crippen molar-refractivity contribution < 1.29 is 32.6 Å². The number of piperidine rings is 1. The summed E-state index contributed by atoms with van der Waals surface area (Å²) in [6.45, 7) is -0.492. The molecule has 1 aromatic carbocycles. The number of nitrogens with one attached hydrogen (secondary N) is 1. The predicted octanol–water partition coefficient (Wildman–Crippen LogP) is 2.13. The Morgan fingerprint density at radius 1 is 1.30 bits per heavy atom. The Balaban J connectivity index is 1.87. The molecular weight excluding hydrogens is 320 g/mol. The van der Waals surface area contributed by atoms with Crippen LogP contribution in [-0.4, -0.2) is 46.0 Å². The molecule has 23 heavy (non-hydrogen) atoms. The van der Waals surface area contributed by atoms with Crippen molar-refractivity contribution in [3.8, 4) is 5.75 Å². The molecule has 128 valence electrons. The first-order chi connectivity index (χ1) is 10.6. The molecule has 0 unspecified atom stereocenters. The Morgan fingerprint density at radius 2 is 1.91 bits per heavy atom. The van der Waals surface area contributed by atoms with E-state index in [2.05, 4.69) is 5.32 Å². The van der Waals surface area contributed by atoms with E-state index in [1.165, 1.54) is 6.07 Å². The summed E-state index contributed by atoms with van der Waals surface area (Å²) < 4.78 is 51.2. The highest BCUT2D eigenvalue weighted by Crippen LogP contribution is 2.38. The second-order valence-electron chi connectivity index (χ2n) is 5.46. The van der Waals surface area contributed by atoms with Crippen LogP contribution in [0.1, 0.15) is 18.4 Å². The predicted molar refractivity (Wildman–Crippen MR) is 72.1 cm³/mol. The Kier molecular flexibility index (Phi) is 4.69. The van der Waals surface area contributed by atoms with E-state index in [0.29, 0.717) is 5.56 Å². The van der Waals surface area contributed by atoms with Crippen molar-refractivity contribution >= 4 is 6.03 Å². The van der Waals surface area contributed by atoms with Crippen LogP contribution in [0.2, 0.25) is 0 Å². The van der Waals surface area contributed by atoms with E-state index in [4.69, 9.17) is 5.11 Å². The maximum atomic E-state index is 13.1. The number of hydrogen-bond acceptors (Lipinski definition) is 3. The molecule has 1 saturated heterocycles. The molecule has 1 heterocycles. The highest BCUT2D eigenvalue weighted by molar-refractivity contribution is 5.74. The van der Waals surface area contributed by atoms with Gasteiger partial charge in [-0.05, 0) is 17.7 Å². The van der Waals surface area contributed by atoms with Gasteiger partial charge in [-0.15, -0.1) is 0 Å². The Morgan fingerprint density at radius 3 is 2.43 bits per heavy atom. The molecule has 3 N–H and O–H groups in total. The molecule has 2 amide bonds. The molecule has 9 heteroatoms. The van der Waals surface area contributed by atoms with E-state index in [9.17, 15) is 27.5 Å². The zero-order chi connectivity index (χ0) is 17.3. The summed E-state index contributed by atoms with van der Waals surface area (Å²) in [6, 6.07) is 3.01. The number of aromatic hydroxyl groups is 1. The molecule has 2 rings (SSSR count). The Labute approximate surface area is 129 Å². The van der Waals surface area contributed by atoms with Crippen LogP contribution in [0.4, 0.5) is 22.4 Å². The van der Waals surface area contributed by atoms with E-state index in [1.807, 2.05) is 0 Å². The minimum atomic E-state index is -4.72. The number of aliphatic hydroxyl groups is 1. The van der Waals surface area contributed by atoms with Gasteiger partial charge in [0, 0.05) is 32.5 Å². The largest absolute Gasteiger partial charge is 0.505 e. The number of nitrogens with zero attached hydrogens (tertiary/aromatic N) is 1. The Hall–Kier alpha value is -2.03. The normalized spacial score (nSPS) is 17.9. The highest BCUT2D eigenvalue weighted by atomic mass is 19.4. The van der Waals surface area contributed by atoms with Gasteiger partial charge in [-0.3, -0.25) is 0 Å². The standard InChI is InChI=1S/C14H16F4N2O3/c15-10-7-9(1-2-11(10)21)8-19-12(22)20-5-3-13(23,4-6-20)14(16,17)18/h1-2,7,21,23H,3-6,8H2,(H,19,22). The molecular formula is C14H16F4N2O3. The monoisotopic (exact) mass is 336 g/mol. The van der Waals surface area contributed by atoms with Gasteiger partial charge in [-0.2, -0.15) is 13.2 Å². The zero-order valence-corrected chi connectivity index (χ0v) is 12.0. The van der Waals surface area contributed by atoms with Gasteiger partial charge in [0.25, 0.3) is 0 Å². The van der Waals surface area contributed by atoms with Gasteiger partial charge in [0.2, 0.25) is 0 Å². The van der Waals surface area contributed by atoms with Crippen LogP contribution >= 0.6 is 0 Å². The third-order valence-electron chi connectivity index (χ3n) is 3.86. The number of phenols is 1. The molecule has 0 aromatic heterocycles. The number of rotatable bonds is 2. The molecule has 0 bridgehead atoms. The lowest BCUT2D eigenvalue weighted by Gasteiger charge is -2.39. The molecule has 1 aliphatic heterocycles. The van der Waals surface area contributed by atoms with E-state index in [0.717, 1.165) is 17.0 Å². The van der Waals surface area contributed by atoms with E-state index in [-0.39, 0.29) is 19.6 Å². The Bertz CT molecular complexity index is 584. The number of urea groups is 1. The summed E-state index contributed by atoms with van der Waals surface area (Å²) in [4.78, 5) is 13.1. The fourth-order valence-electron chi connectivity index (χ4n) is 2.31. The summed E-state index contributed by atoms with van der Waals surface area (Å²) in [6.07, 6.45) is -5.89. The first-order valence-corrected chi connectivity index (χ1v) is 6.92. The lowest BCUT2D eigenvalue weighted by atomic mass is 9.91. The molecule has 0 spiro atoms. The number of alkyl halides is 3. The zero-order valence-electron chi connectivity index (χ0n) is 12.0. The number of phenolic OH excluding ortho intramolecular Hbond substituents is 1. The van der Waals surface area contributed by atoms with Gasteiger partial charge < -0.3 is 20.4 Å². The van der Waals surface area contributed by atoms with Gasteiger partial charge in [0.05, 0.1) is 0 Å². The minimum absolute atomic E-state index is 0.0317. The van der Waals surface area contributed by atoms with Crippen LogP contribution < -0.4 is 5.32 Å². The number of halogens is 4. The van der Waals surface area contributed by atoms with Crippen molar-refractivity contribution in [2.75, 3.05) is 13.1 Å². The van der Waals surface area contributed by atoms with E-state index < -0.39 is 42.2 Å². The van der Waals surface area contributed by atoms with Gasteiger partial charge >= 0.3 is 12.2 Å². The fraction of sp³-hybridized carbons (Fsp3) is 0.500. The maximum absolute atomic E-state index is 13.1. The number of hydrogen-bond donors (Lipinski definition) is 3. The minimum Gasteiger partial charge on any atom is -0.505 e. The number of carbonyl (C=O) groups is 1. The molecule has 0 radical (unpaired) electrons. The topological polar surface area (TPSA) is 72.8 Å². The van der Waals surface area contributed by atoms with Gasteiger partial charge in [0.1, 0.15) is 0 Å². The van der Waals surface area contributed by atoms with Gasteiger partial charge in [0.15, 0.2) is 17.2 Å². The van der Waals surface area contributed by atoms with E-state index >= 15 is 0 Å². The number of amides is 2. The second kappa shape index (κ2) is 6.23. The first kappa shape index (κ1) is 17.3. The fourth-order valence-corrected chi connectivity index (χ4v) is 2.31. The van der Waals surface area contributed by atoms with Crippen molar-refractivity contribution in [3.05, 3.63) is 29.6 Å². The summed E-state index contributed by atoms with van der Waals surface area (Å²) in [5.41, 5.74) is -2.36. The summed E-state index contributed by atoms with van der Waals surface area (Å²) >= 11 is 0. The quantitative estimate of drug-likeness (QED) is 0.725. The molecule has 1 aromatic rings. The van der Waals surface area contributed by atoms with Gasteiger partial charge in [-0.25, -0.2) is 9.18 Å². The second-order valence-corrected chi connectivity index (χ2v) is 5.46. The first-order valence-electron chi connectivity index (χ1n) is 6.92. The van der Waals surface area contributed by atoms with Gasteiger partial charge in [-0.1, -0.05) is 6.07 Å². The number of likely N-dealkylation sites (tertiary alicyclic amines) is 1. The smallest absolute Gasteiger partial charge is 0.417 e. The van der Waals surface area contributed by atoms with Crippen LogP contribution in [0.15, 0.2) is 18.2 Å². The molecule has 5 nitrogen and oxygen atoms in total. The van der Waals surface area contributed by atoms with Crippen molar-refractivity contribution in [1.29, 1.82) is 0 Å². The number of benzene rings is 1. The van der Waals surface area contributed by atoms with Crippen LogP contribution in [0, 0.1) is 5.82 Å². The molecule has 1 fully saturated rings. The van der Waals surface area contributed by atoms with Crippen molar-refractivity contribution in [3.63, 3.8) is 0 Å². The SMILES string of the molecule is O=C(NCc1ccc(O)c(F)c1)N1CCC(O)(C(F)(F)F)CC1. The van der Waals surface area contributed by atoms with Crippen LogP contribution in [0.3, 0.4) is 0 Å². The lowest BCUT2D eigenvalue weighted by Crippen LogP contribution is -2.55. The molecule has 1 aliphatic rings. The van der Waals surface area contributed by atoms with Crippen LogP contribution in [0.25, 0.3) is 0 Å². The molecule has 0 atom stereocenters. The van der Waals surface area contributed by atoms with Crippen LogP contribution in [0.5, 0.6) is 5.75 Å². The maximum Gasteiger partial charge on any atom is 0.417 e.